The van der Waals surface area contributed by atoms with Crippen molar-refractivity contribution in [2.75, 3.05) is 45.2 Å². The van der Waals surface area contributed by atoms with Gasteiger partial charge in [0.25, 0.3) is 5.91 Å². The molecule has 0 saturated carbocycles. The maximum absolute atomic E-state index is 12.1. The largest absolute Gasteiger partial charge is 0.392 e. The molecule has 0 aliphatic carbocycles. The highest BCUT2D eigenvalue weighted by Crippen LogP contribution is 2.34. The molecule has 0 bridgehead atoms. The Labute approximate surface area is 224 Å². The highest BCUT2D eigenvalue weighted by atomic mass is 79.9. The van der Waals surface area contributed by atoms with Gasteiger partial charge in [-0.2, -0.15) is 0 Å². The molecule has 5 N–H and O–H groups in total. The van der Waals surface area contributed by atoms with Crippen molar-refractivity contribution in [3.63, 3.8) is 0 Å². The van der Waals surface area contributed by atoms with Gasteiger partial charge in [-0.05, 0) is 57.5 Å². The molecule has 0 saturated heterocycles. The zero-order valence-corrected chi connectivity index (χ0v) is 24.2. The maximum Gasteiger partial charge on any atom is 0.256 e. The Bertz CT molecular complexity index is 911. The van der Waals surface area contributed by atoms with Crippen LogP contribution < -0.4 is 21.3 Å². The maximum atomic E-state index is 12.1. The number of anilines is 1. The lowest BCUT2D eigenvalue weighted by Gasteiger charge is -2.16. The van der Waals surface area contributed by atoms with Gasteiger partial charge < -0.3 is 31.1 Å². The van der Waals surface area contributed by atoms with Crippen molar-refractivity contribution in [3.8, 4) is 0 Å². The minimum Gasteiger partial charge on any atom is -0.392 e. The Kier molecular flexibility index (Phi) is 18.3. The molecule has 3 rings (SSSR count). The second-order valence-electron chi connectivity index (χ2n) is 7.80. The van der Waals surface area contributed by atoms with Gasteiger partial charge in [0.2, 0.25) is 6.41 Å². The fraction of sp³-hybridized carbons (Fsp3) is 0.481. The summed E-state index contributed by atoms with van der Waals surface area (Å²) >= 11 is 3.45. The molecule has 2 heterocycles. The zero-order chi connectivity index (χ0) is 27.5. The van der Waals surface area contributed by atoms with E-state index in [2.05, 4.69) is 57.1 Å². The minimum absolute atomic E-state index is 0.0496. The molecule has 0 aromatic heterocycles. The van der Waals surface area contributed by atoms with Crippen LogP contribution in [-0.4, -0.2) is 63.4 Å². The van der Waals surface area contributed by atoms with E-state index in [4.69, 9.17) is 14.6 Å². The summed E-state index contributed by atoms with van der Waals surface area (Å²) in [5, 5.41) is 20.3. The smallest absolute Gasteiger partial charge is 0.256 e. The van der Waals surface area contributed by atoms with Gasteiger partial charge in [0.15, 0.2) is 0 Å². The lowest BCUT2D eigenvalue weighted by molar-refractivity contribution is -0.111. The summed E-state index contributed by atoms with van der Waals surface area (Å²) in [6.07, 6.45) is 4.45. The lowest BCUT2D eigenvalue weighted by atomic mass is 10.0. The molecule has 1 aromatic carbocycles. The Balaban J connectivity index is 0.000000646. The fourth-order valence-corrected chi connectivity index (χ4v) is 3.45. The zero-order valence-electron chi connectivity index (χ0n) is 22.6. The molecular weight excluding hydrogens is 524 g/mol. The third-order valence-electron chi connectivity index (χ3n) is 4.68. The number of aliphatic hydroxyl groups is 1. The number of hydrogen-bond donors (Lipinski definition) is 5. The number of amides is 2. The number of fused-ring (bicyclic) bond motifs is 1. The normalized spacial score (nSPS) is 15.4. The Hall–Kier alpha value is -2.46. The monoisotopic (exact) mass is 566 g/mol. The predicted molar refractivity (Wildman–Crippen MR) is 153 cm³/mol. The lowest BCUT2D eigenvalue weighted by Crippen LogP contribution is -2.27. The fourth-order valence-electron chi connectivity index (χ4n) is 3.08. The average molecular weight is 568 g/mol. The topological polar surface area (TPSA) is 112 Å². The van der Waals surface area contributed by atoms with Gasteiger partial charge in [-0.1, -0.05) is 41.4 Å². The molecule has 2 amide bonds. The number of benzene rings is 1. The number of dihydropyridines is 1. The number of carbonyl (C=O) groups excluding carboxylic acids is 2. The van der Waals surface area contributed by atoms with Crippen molar-refractivity contribution in [1.29, 1.82) is 0 Å². The van der Waals surface area contributed by atoms with Gasteiger partial charge in [-0.25, -0.2) is 0 Å². The number of nitrogens with one attached hydrogen (secondary N) is 4. The van der Waals surface area contributed by atoms with Crippen LogP contribution in [0.4, 0.5) is 5.69 Å². The van der Waals surface area contributed by atoms with Crippen LogP contribution in [0.2, 0.25) is 0 Å². The van der Waals surface area contributed by atoms with Crippen molar-refractivity contribution < 1.29 is 19.4 Å². The van der Waals surface area contributed by atoms with Crippen molar-refractivity contribution >= 4 is 39.5 Å². The molecule has 2 aliphatic heterocycles. The summed E-state index contributed by atoms with van der Waals surface area (Å²) in [7, 11) is 1.56. The molecule has 1 aromatic rings. The molecule has 8 nitrogen and oxygen atoms in total. The SMILES string of the molecule is CC.CC1=CC(C)=C(/C=C2\C(=O)Nc3ccc(Br)cc32)NC1.CCOCCNCC(C)O.CNC=O. The van der Waals surface area contributed by atoms with Crippen LogP contribution in [-0.2, 0) is 14.3 Å². The van der Waals surface area contributed by atoms with Crippen molar-refractivity contribution in [1.82, 2.24) is 16.0 Å². The summed E-state index contributed by atoms with van der Waals surface area (Å²) in [5.74, 6) is -0.0496. The molecule has 202 valence electrons. The standard InChI is InChI=1S/C16H15BrN2O.C7H17NO2.C2H5NO.C2H6/c1-9-5-10(2)15(18-8-9)7-13-12-6-11(17)3-4-14(12)19-16(13)20;1-3-10-5-4-8-6-7(2)9;1-3-2-4;1-2/h3-7,18H,8H2,1-2H3,(H,19,20);7-9H,3-6H2,1-2H3;2H,1H3,(H,3,4);1-2H3/b13-7-;;;. The molecule has 1 unspecified atom stereocenters. The molecule has 9 heteroatoms. The van der Waals surface area contributed by atoms with E-state index in [1.807, 2.05) is 45.0 Å². The molecule has 36 heavy (non-hydrogen) atoms. The molecule has 0 fully saturated rings. The van der Waals surface area contributed by atoms with E-state index in [0.29, 0.717) is 18.5 Å². The second-order valence-corrected chi connectivity index (χ2v) is 8.72. The first kappa shape index (κ1) is 33.5. The van der Waals surface area contributed by atoms with Crippen molar-refractivity contribution in [2.24, 2.45) is 0 Å². The quantitative estimate of drug-likeness (QED) is 0.185. The van der Waals surface area contributed by atoms with Crippen LogP contribution >= 0.6 is 15.9 Å². The van der Waals surface area contributed by atoms with Gasteiger partial charge in [-0.3, -0.25) is 9.59 Å². The van der Waals surface area contributed by atoms with E-state index >= 15 is 0 Å². The van der Waals surface area contributed by atoms with Crippen LogP contribution in [0.25, 0.3) is 5.57 Å². The Morgan fingerprint density at radius 3 is 2.50 bits per heavy atom. The average Bonchev–Trinajstić information content (AvgIpc) is 3.16. The molecule has 0 spiro atoms. The number of hydrogen-bond acceptors (Lipinski definition) is 6. The second kappa shape index (κ2) is 19.7. The first-order valence-corrected chi connectivity index (χ1v) is 13.0. The third-order valence-corrected chi connectivity index (χ3v) is 5.18. The van der Waals surface area contributed by atoms with Crippen LogP contribution in [0.1, 0.15) is 47.1 Å². The summed E-state index contributed by atoms with van der Waals surface area (Å²) in [4.78, 5) is 21.2. The van der Waals surface area contributed by atoms with Gasteiger partial charge in [0.05, 0.1) is 18.3 Å². The van der Waals surface area contributed by atoms with Crippen LogP contribution in [0.15, 0.2) is 51.7 Å². The van der Waals surface area contributed by atoms with E-state index < -0.39 is 0 Å². The van der Waals surface area contributed by atoms with E-state index in [-0.39, 0.29) is 12.0 Å². The Morgan fingerprint density at radius 2 is 1.94 bits per heavy atom. The number of rotatable bonds is 8. The molecular formula is C27H43BrN4O4. The van der Waals surface area contributed by atoms with Crippen LogP contribution in [0.3, 0.4) is 0 Å². The summed E-state index contributed by atoms with van der Waals surface area (Å²) in [6, 6.07) is 5.81. The number of aliphatic hydroxyl groups excluding tert-OH is 1. The summed E-state index contributed by atoms with van der Waals surface area (Å²) < 4.78 is 6.04. The first-order chi connectivity index (χ1) is 17.2. The molecule has 0 radical (unpaired) electrons. The highest BCUT2D eigenvalue weighted by molar-refractivity contribution is 9.10. The van der Waals surface area contributed by atoms with Crippen LogP contribution in [0.5, 0.6) is 0 Å². The number of allylic oxidation sites excluding steroid dienone is 3. The minimum atomic E-state index is -0.262. The van der Waals surface area contributed by atoms with E-state index in [1.165, 1.54) is 5.57 Å². The Morgan fingerprint density at radius 1 is 1.28 bits per heavy atom. The third kappa shape index (κ3) is 13.0. The number of ether oxygens (including phenoxy) is 1. The van der Waals surface area contributed by atoms with Crippen LogP contribution in [0, 0.1) is 0 Å². The molecule has 1 atom stereocenters. The number of halogens is 1. The van der Waals surface area contributed by atoms with E-state index in [9.17, 15) is 4.79 Å². The van der Waals surface area contributed by atoms with E-state index in [1.54, 1.807) is 14.0 Å². The van der Waals surface area contributed by atoms with Gasteiger partial charge in [0.1, 0.15) is 0 Å². The molecule has 2 aliphatic rings. The van der Waals surface area contributed by atoms with Gasteiger partial charge in [0, 0.05) is 54.7 Å². The predicted octanol–water partition coefficient (Wildman–Crippen LogP) is 3.99. The van der Waals surface area contributed by atoms with Crippen molar-refractivity contribution in [3.05, 3.63) is 57.2 Å². The van der Waals surface area contributed by atoms with Crippen molar-refractivity contribution in [2.45, 2.75) is 47.6 Å². The summed E-state index contributed by atoms with van der Waals surface area (Å²) in [5.41, 5.74) is 5.97. The highest BCUT2D eigenvalue weighted by Gasteiger charge is 2.24. The van der Waals surface area contributed by atoms with Gasteiger partial charge in [-0.15, -0.1) is 0 Å². The van der Waals surface area contributed by atoms with Gasteiger partial charge >= 0.3 is 0 Å². The number of carbonyl (C=O) groups is 2. The summed E-state index contributed by atoms with van der Waals surface area (Å²) in [6.45, 7) is 15.6. The van der Waals surface area contributed by atoms with E-state index in [0.717, 1.165) is 53.3 Å². The first-order valence-electron chi connectivity index (χ1n) is 12.3.